The Balaban J connectivity index is 1.83. The first kappa shape index (κ1) is 10.4. The average molecular weight is 198 g/mol. The summed E-state index contributed by atoms with van der Waals surface area (Å²) >= 11 is 0. The third kappa shape index (κ3) is 2.27. The first-order valence-corrected chi connectivity index (χ1v) is 5.90. The van der Waals surface area contributed by atoms with E-state index in [0.717, 1.165) is 13.0 Å². The van der Waals surface area contributed by atoms with Crippen LogP contribution in [0.15, 0.2) is 0 Å². The first-order chi connectivity index (χ1) is 6.79. The number of nitrogens with two attached hydrogens (primary N) is 1. The minimum atomic E-state index is 0.356. The molecule has 0 radical (unpaired) electrons. The summed E-state index contributed by atoms with van der Waals surface area (Å²) in [5, 5.41) is 9.08. The minimum Gasteiger partial charge on any atom is -0.396 e. The molecule has 0 spiro atoms. The van der Waals surface area contributed by atoms with E-state index in [9.17, 15) is 0 Å². The van der Waals surface area contributed by atoms with Crippen LogP contribution in [0.3, 0.4) is 0 Å². The lowest BCUT2D eigenvalue weighted by atomic mass is 9.91. The lowest BCUT2D eigenvalue weighted by Crippen LogP contribution is -2.41. The highest BCUT2D eigenvalue weighted by molar-refractivity contribution is 4.86. The van der Waals surface area contributed by atoms with Gasteiger partial charge >= 0.3 is 0 Å². The van der Waals surface area contributed by atoms with Crippen LogP contribution in [0.25, 0.3) is 0 Å². The van der Waals surface area contributed by atoms with Gasteiger partial charge in [0.1, 0.15) is 0 Å². The highest BCUT2D eigenvalue weighted by atomic mass is 16.3. The van der Waals surface area contributed by atoms with E-state index in [0.29, 0.717) is 24.6 Å². The van der Waals surface area contributed by atoms with Gasteiger partial charge in [-0.15, -0.1) is 0 Å². The number of hydrogen-bond acceptors (Lipinski definition) is 3. The molecule has 0 amide bonds. The van der Waals surface area contributed by atoms with Crippen molar-refractivity contribution >= 4 is 0 Å². The molecule has 1 saturated carbocycles. The van der Waals surface area contributed by atoms with Gasteiger partial charge in [0.25, 0.3) is 0 Å². The Morgan fingerprint density at radius 2 is 2.14 bits per heavy atom. The van der Waals surface area contributed by atoms with Gasteiger partial charge in [-0.3, -0.25) is 4.90 Å². The zero-order chi connectivity index (χ0) is 9.97. The Kier molecular flexibility index (Phi) is 3.42. The average Bonchev–Trinajstić information content (AvgIpc) is 2.66. The third-order valence-electron chi connectivity index (χ3n) is 3.78. The van der Waals surface area contributed by atoms with Crippen molar-refractivity contribution in [1.82, 2.24) is 4.90 Å². The predicted octanol–water partition coefficient (Wildman–Crippen LogP) is 0.570. The van der Waals surface area contributed by atoms with Crippen LogP contribution in [0.5, 0.6) is 0 Å². The molecule has 0 aromatic heterocycles. The highest BCUT2D eigenvalue weighted by Gasteiger charge is 2.30. The fraction of sp³-hybridized carbons (Fsp3) is 1.00. The van der Waals surface area contributed by atoms with Gasteiger partial charge in [-0.25, -0.2) is 0 Å². The summed E-state index contributed by atoms with van der Waals surface area (Å²) in [6.07, 6.45) is 6.13. The molecule has 1 heterocycles. The maximum absolute atomic E-state index is 9.08. The monoisotopic (exact) mass is 198 g/mol. The van der Waals surface area contributed by atoms with Gasteiger partial charge in [0.05, 0.1) is 0 Å². The van der Waals surface area contributed by atoms with Crippen LogP contribution in [0.4, 0.5) is 0 Å². The van der Waals surface area contributed by atoms with E-state index in [1.54, 1.807) is 0 Å². The van der Waals surface area contributed by atoms with Crippen molar-refractivity contribution in [3.05, 3.63) is 0 Å². The zero-order valence-corrected chi connectivity index (χ0v) is 8.86. The van der Waals surface area contributed by atoms with E-state index in [1.807, 2.05) is 0 Å². The smallest absolute Gasteiger partial charge is 0.0471 e. The molecule has 3 N–H and O–H groups in total. The molecule has 3 heteroatoms. The molecule has 3 unspecified atom stereocenters. The van der Waals surface area contributed by atoms with Gasteiger partial charge in [-0.05, 0) is 38.1 Å². The number of aliphatic hydroxyl groups is 1. The van der Waals surface area contributed by atoms with Crippen molar-refractivity contribution in [2.75, 3.05) is 19.7 Å². The van der Waals surface area contributed by atoms with Crippen molar-refractivity contribution in [1.29, 1.82) is 0 Å². The van der Waals surface area contributed by atoms with Gasteiger partial charge in [0, 0.05) is 25.2 Å². The van der Waals surface area contributed by atoms with Gasteiger partial charge < -0.3 is 10.8 Å². The second-order valence-corrected chi connectivity index (χ2v) is 4.91. The molecular weight excluding hydrogens is 176 g/mol. The Morgan fingerprint density at radius 1 is 1.29 bits per heavy atom. The normalized spacial score (nSPS) is 40.3. The summed E-state index contributed by atoms with van der Waals surface area (Å²) in [6.45, 7) is 2.62. The quantitative estimate of drug-likeness (QED) is 0.682. The van der Waals surface area contributed by atoms with E-state index < -0.39 is 0 Å². The lowest BCUT2D eigenvalue weighted by molar-refractivity contribution is 0.161. The molecule has 82 valence electrons. The minimum absolute atomic E-state index is 0.356. The van der Waals surface area contributed by atoms with Crippen molar-refractivity contribution in [3.63, 3.8) is 0 Å². The van der Waals surface area contributed by atoms with E-state index in [-0.39, 0.29) is 0 Å². The zero-order valence-electron chi connectivity index (χ0n) is 8.86. The summed E-state index contributed by atoms with van der Waals surface area (Å²) < 4.78 is 0. The van der Waals surface area contributed by atoms with E-state index in [4.69, 9.17) is 10.8 Å². The molecule has 1 aliphatic carbocycles. The second kappa shape index (κ2) is 4.60. The third-order valence-corrected chi connectivity index (χ3v) is 3.78. The summed E-state index contributed by atoms with van der Waals surface area (Å²) in [5.41, 5.74) is 5.98. The fourth-order valence-electron chi connectivity index (χ4n) is 2.88. The Labute approximate surface area is 86.3 Å². The fourth-order valence-corrected chi connectivity index (χ4v) is 2.88. The van der Waals surface area contributed by atoms with E-state index in [2.05, 4.69) is 4.90 Å². The summed E-state index contributed by atoms with van der Waals surface area (Å²) in [7, 11) is 0. The maximum atomic E-state index is 9.08. The summed E-state index contributed by atoms with van der Waals surface area (Å²) in [4.78, 5) is 2.54. The van der Waals surface area contributed by atoms with Crippen LogP contribution in [-0.2, 0) is 0 Å². The topological polar surface area (TPSA) is 49.5 Å². The first-order valence-electron chi connectivity index (χ1n) is 5.90. The molecule has 0 bridgehead atoms. The maximum Gasteiger partial charge on any atom is 0.0471 e. The number of nitrogens with zero attached hydrogens (tertiary/aromatic N) is 1. The predicted molar refractivity (Wildman–Crippen MR) is 57.0 cm³/mol. The Morgan fingerprint density at radius 3 is 2.79 bits per heavy atom. The molecule has 1 aliphatic heterocycles. The molecule has 0 aromatic carbocycles. The van der Waals surface area contributed by atoms with Gasteiger partial charge in [0.2, 0.25) is 0 Å². The van der Waals surface area contributed by atoms with Crippen LogP contribution < -0.4 is 5.73 Å². The molecule has 0 aromatic rings. The molecule has 3 atom stereocenters. The molecule has 3 nitrogen and oxygen atoms in total. The van der Waals surface area contributed by atoms with Crippen molar-refractivity contribution in [3.8, 4) is 0 Å². The van der Waals surface area contributed by atoms with E-state index in [1.165, 1.54) is 32.2 Å². The van der Waals surface area contributed by atoms with Crippen LogP contribution in [0.2, 0.25) is 0 Å². The molecule has 2 aliphatic rings. The largest absolute Gasteiger partial charge is 0.396 e. The molecule has 1 saturated heterocycles. The van der Waals surface area contributed by atoms with Crippen molar-refractivity contribution < 1.29 is 5.11 Å². The number of aliphatic hydroxyl groups excluding tert-OH is 1. The number of hydrogen-bond donors (Lipinski definition) is 2. The SMILES string of the molecule is NC1CCCC(N2CCC(CO)C2)C1. The summed E-state index contributed by atoms with van der Waals surface area (Å²) in [6, 6.07) is 1.12. The van der Waals surface area contributed by atoms with Crippen LogP contribution >= 0.6 is 0 Å². The number of likely N-dealkylation sites (tertiary alicyclic amines) is 1. The van der Waals surface area contributed by atoms with Gasteiger partial charge in [0.15, 0.2) is 0 Å². The van der Waals surface area contributed by atoms with Gasteiger partial charge in [-0.1, -0.05) is 6.42 Å². The summed E-state index contributed by atoms with van der Waals surface area (Å²) in [5.74, 6) is 0.521. The van der Waals surface area contributed by atoms with Crippen molar-refractivity contribution in [2.24, 2.45) is 11.7 Å². The standard InChI is InChI=1S/C11H22N2O/c12-10-2-1-3-11(6-10)13-5-4-9(7-13)8-14/h9-11,14H,1-8,12H2. The van der Waals surface area contributed by atoms with Crippen LogP contribution in [0, 0.1) is 5.92 Å². The molecule has 2 fully saturated rings. The van der Waals surface area contributed by atoms with Crippen LogP contribution in [-0.4, -0.2) is 41.8 Å². The molecule has 2 rings (SSSR count). The van der Waals surface area contributed by atoms with Crippen LogP contribution in [0.1, 0.15) is 32.1 Å². The van der Waals surface area contributed by atoms with Gasteiger partial charge in [-0.2, -0.15) is 0 Å². The lowest BCUT2D eigenvalue weighted by Gasteiger charge is -2.33. The Hall–Kier alpha value is -0.120. The second-order valence-electron chi connectivity index (χ2n) is 4.91. The molecular formula is C11H22N2O. The molecule has 14 heavy (non-hydrogen) atoms. The number of rotatable bonds is 2. The van der Waals surface area contributed by atoms with Crippen molar-refractivity contribution in [2.45, 2.75) is 44.2 Å². The highest BCUT2D eigenvalue weighted by Crippen LogP contribution is 2.26. The Bertz CT molecular complexity index is 186. The van der Waals surface area contributed by atoms with E-state index >= 15 is 0 Å².